The van der Waals surface area contributed by atoms with Gasteiger partial charge in [-0.05, 0) is 26.0 Å². The molecule has 1 rings (SSSR count). The van der Waals surface area contributed by atoms with Crippen LogP contribution in [-0.4, -0.2) is 29.6 Å². The highest BCUT2D eigenvalue weighted by Crippen LogP contribution is 2.10. The summed E-state index contributed by atoms with van der Waals surface area (Å²) in [6.45, 7) is 3.22. The van der Waals surface area contributed by atoms with Gasteiger partial charge >= 0.3 is 6.03 Å². The Bertz CT molecular complexity index is 416. The smallest absolute Gasteiger partial charge is 0.319 e. The van der Waals surface area contributed by atoms with Crippen LogP contribution in [0.25, 0.3) is 0 Å². The molecule has 0 aliphatic rings. The summed E-state index contributed by atoms with van der Waals surface area (Å²) < 4.78 is 0. The summed E-state index contributed by atoms with van der Waals surface area (Å²) in [5.74, 6) is -0.0574. The van der Waals surface area contributed by atoms with Crippen LogP contribution in [0.1, 0.15) is 24.2 Å². The van der Waals surface area contributed by atoms with Crippen molar-refractivity contribution in [3.63, 3.8) is 0 Å². The summed E-state index contributed by atoms with van der Waals surface area (Å²) >= 11 is 0. The number of carbonyl (C=O) groups is 2. The van der Waals surface area contributed by atoms with E-state index in [0.29, 0.717) is 11.3 Å². The van der Waals surface area contributed by atoms with Crippen molar-refractivity contribution in [2.75, 3.05) is 11.9 Å². The molecule has 0 radical (unpaired) electrons. The number of carbonyl (C=O) groups excluding carboxylic acids is 2. The van der Waals surface area contributed by atoms with Gasteiger partial charge in [0.2, 0.25) is 0 Å². The number of aliphatic hydroxyl groups excluding tert-OH is 1. The zero-order valence-electron chi connectivity index (χ0n) is 9.86. The Morgan fingerprint density at radius 2 is 2.12 bits per heavy atom. The maximum atomic E-state index is 11.4. The second-order valence-corrected chi connectivity index (χ2v) is 3.82. The standard InChI is InChI=1S/C12H16N2O3/c1-8(15)7-13-12(17)14-11-5-3-4-10(6-11)9(2)16/h3-6,8,15H,7H2,1-2H3,(H2,13,14,17)/t8-/m1/s1. The molecule has 5 nitrogen and oxygen atoms in total. The highest BCUT2D eigenvalue weighted by Gasteiger charge is 2.05. The quantitative estimate of drug-likeness (QED) is 0.691. The molecule has 92 valence electrons. The molecule has 0 saturated heterocycles. The number of anilines is 1. The Balaban J connectivity index is 2.59. The first-order chi connectivity index (χ1) is 7.99. The molecule has 1 aromatic rings. The molecule has 0 bridgehead atoms. The van der Waals surface area contributed by atoms with E-state index in [0.717, 1.165) is 0 Å². The third-order valence-corrected chi connectivity index (χ3v) is 2.08. The molecule has 1 atom stereocenters. The summed E-state index contributed by atoms with van der Waals surface area (Å²) in [7, 11) is 0. The largest absolute Gasteiger partial charge is 0.392 e. The molecule has 0 saturated carbocycles. The third kappa shape index (κ3) is 4.65. The van der Waals surface area contributed by atoms with Crippen molar-refractivity contribution in [3.05, 3.63) is 29.8 Å². The number of nitrogens with one attached hydrogen (secondary N) is 2. The zero-order chi connectivity index (χ0) is 12.8. The van der Waals surface area contributed by atoms with Crippen molar-refractivity contribution >= 4 is 17.5 Å². The summed E-state index contributed by atoms with van der Waals surface area (Å²) in [5.41, 5.74) is 1.08. The topological polar surface area (TPSA) is 78.4 Å². The van der Waals surface area contributed by atoms with Gasteiger partial charge in [0.25, 0.3) is 0 Å². The van der Waals surface area contributed by atoms with Gasteiger partial charge in [-0.25, -0.2) is 4.79 Å². The first kappa shape index (κ1) is 13.2. The van der Waals surface area contributed by atoms with E-state index in [9.17, 15) is 9.59 Å². The van der Waals surface area contributed by atoms with E-state index >= 15 is 0 Å². The molecule has 0 aromatic heterocycles. The lowest BCUT2D eigenvalue weighted by Crippen LogP contribution is -2.34. The van der Waals surface area contributed by atoms with Gasteiger partial charge in [0.15, 0.2) is 5.78 Å². The molecule has 2 amide bonds. The van der Waals surface area contributed by atoms with Gasteiger partial charge in [-0.2, -0.15) is 0 Å². The van der Waals surface area contributed by atoms with Crippen LogP contribution in [0.15, 0.2) is 24.3 Å². The average molecular weight is 236 g/mol. The third-order valence-electron chi connectivity index (χ3n) is 2.08. The number of hydrogen-bond acceptors (Lipinski definition) is 3. The molecule has 17 heavy (non-hydrogen) atoms. The van der Waals surface area contributed by atoms with Crippen LogP contribution in [0.2, 0.25) is 0 Å². The van der Waals surface area contributed by atoms with Crippen molar-refractivity contribution in [1.82, 2.24) is 5.32 Å². The number of amides is 2. The molecule has 1 aromatic carbocycles. The van der Waals surface area contributed by atoms with Crippen molar-refractivity contribution in [3.8, 4) is 0 Å². The lowest BCUT2D eigenvalue weighted by molar-refractivity contribution is 0.101. The average Bonchev–Trinajstić information content (AvgIpc) is 2.26. The Labute approximate surface area is 99.8 Å². The maximum absolute atomic E-state index is 11.4. The first-order valence-corrected chi connectivity index (χ1v) is 5.33. The monoisotopic (exact) mass is 236 g/mol. The van der Waals surface area contributed by atoms with Gasteiger partial charge in [-0.15, -0.1) is 0 Å². The molecular formula is C12H16N2O3. The summed E-state index contributed by atoms with van der Waals surface area (Å²) in [6, 6.07) is 6.26. The van der Waals surface area contributed by atoms with E-state index in [1.807, 2.05) is 0 Å². The minimum absolute atomic E-state index is 0.0574. The highest BCUT2D eigenvalue weighted by atomic mass is 16.3. The molecule has 0 heterocycles. The van der Waals surface area contributed by atoms with Crippen molar-refractivity contribution in [1.29, 1.82) is 0 Å². The zero-order valence-corrected chi connectivity index (χ0v) is 9.86. The van der Waals surface area contributed by atoms with E-state index in [1.54, 1.807) is 31.2 Å². The minimum atomic E-state index is -0.593. The minimum Gasteiger partial charge on any atom is -0.392 e. The summed E-state index contributed by atoms with van der Waals surface area (Å²) in [6.07, 6.45) is -0.593. The van der Waals surface area contributed by atoms with Crippen LogP contribution in [0.5, 0.6) is 0 Å². The molecular weight excluding hydrogens is 220 g/mol. The van der Waals surface area contributed by atoms with Gasteiger partial charge in [0.05, 0.1) is 6.10 Å². The van der Waals surface area contributed by atoms with Crippen LogP contribution >= 0.6 is 0 Å². The van der Waals surface area contributed by atoms with Crippen molar-refractivity contribution in [2.24, 2.45) is 0 Å². The molecule has 3 N–H and O–H groups in total. The van der Waals surface area contributed by atoms with Crippen LogP contribution < -0.4 is 10.6 Å². The van der Waals surface area contributed by atoms with Gasteiger partial charge in [-0.3, -0.25) is 4.79 Å². The maximum Gasteiger partial charge on any atom is 0.319 e. The van der Waals surface area contributed by atoms with Crippen LogP contribution in [-0.2, 0) is 0 Å². The first-order valence-electron chi connectivity index (χ1n) is 5.33. The van der Waals surface area contributed by atoms with Crippen molar-refractivity contribution in [2.45, 2.75) is 20.0 Å². The van der Waals surface area contributed by atoms with Gasteiger partial charge in [0, 0.05) is 17.8 Å². The number of rotatable bonds is 4. The van der Waals surface area contributed by atoms with Crippen molar-refractivity contribution < 1.29 is 14.7 Å². The van der Waals surface area contributed by atoms with E-state index in [-0.39, 0.29) is 12.3 Å². The number of urea groups is 1. The van der Waals surface area contributed by atoms with Gasteiger partial charge in [0.1, 0.15) is 0 Å². The molecule has 5 heteroatoms. The van der Waals surface area contributed by atoms with E-state index in [2.05, 4.69) is 10.6 Å². The fourth-order valence-corrected chi connectivity index (χ4v) is 1.23. The molecule has 0 aliphatic heterocycles. The number of hydrogen-bond donors (Lipinski definition) is 3. The second-order valence-electron chi connectivity index (χ2n) is 3.82. The SMILES string of the molecule is CC(=O)c1cccc(NC(=O)NC[C@@H](C)O)c1. The number of Topliss-reactive ketones (excluding diaryl/α,β-unsaturated/α-hetero) is 1. The normalized spacial score (nSPS) is 11.7. The van der Waals surface area contributed by atoms with Gasteiger partial charge in [-0.1, -0.05) is 12.1 Å². The van der Waals surface area contributed by atoms with E-state index < -0.39 is 12.1 Å². The lowest BCUT2D eigenvalue weighted by Gasteiger charge is -2.09. The fourth-order valence-electron chi connectivity index (χ4n) is 1.23. The van der Waals surface area contributed by atoms with Gasteiger partial charge < -0.3 is 15.7 Å². The van der Waals surface area contributed by atoms with E-state index in [4.69, 9.17) is 5.11 Å². The second kappa shape index (κ2) is 6.00. The lowest BCUT2D eigenvalue weighted by atomic mass is 10.1. The predicted octanol–water partition coefficient (Wildman–Crippen LogP) is 1.39. The molecule has 0 aliphatic carbocycles. The predicted molar refractivity (Wildman–Crippen MR) is 65.1 cm³/mol. The Kier molecular flexibility index (Phi) is 4.66. The van der Waals surface area contributed by atoms with Crippen LogP contribution in [0.3, 0.4) is 0 Å². The molecule has 0 spiro atoms. The molecule has 0 unspecified atom stereocenters. The Hall–Kier alpha value is -1.88. The van der Waals surface area contributed by atoms with E-state index in [1.165, 1.54) is 6.92 Å². The van der Waals surface area contributed by atoms with Crippen LogP contribution in [0.4, 0.5) is 10.5 Å². The number of benzene rings is 1. The number of aliphatic hydroxyl groups is 1. The summed E-state index contributed by atoms with van der Waals surface area (Å²) in [5, 5.41) is 14.1. The Morgan fingerprint density at radius 3 is 2.71 bits per heavy atom. The molecule has 0 fully saturated rings. The summed E-state index contributed by atoms with van der Waals surface area (Å²) in [4.78, 5) is 22.5. The number of ketones is 1. The van der Waals surface area contributed by atoms with Crippen LogP contribution in [0, 0.1) is 0 Å². The highest BCUT2D eigenvalue weighted by molar-refractivity contribution is 5.96. The Morgan fingerprint density at radius 1 is 1.41 bits per heavy atom. The fraction of sp³-hybridized carbons (Fsp3) is 0.333.